The van der Waals surface area contributed by atoms with Crippen LogP contribution in [0.2, 0.25) is 0 Å². The molecular formula is C14H18FNO3. The van der Waals surface area contributed by atoms with Gasteiger partial charge in [0.15, 0.2) is 6.10 Å². The summed E-state index contributed by atoms with van der Waals surface area (Å²) in [5, 5.41) is 2.77. The molecule has 2 unspecified atom stereocenters. The molecule has 0 radical (unpaired) electrons. The van der Waals surface area contributed by atoms with Gasteiger partial charge in [0, 0.05) is 17.7 Å². The highest BCUT2D eigenvalue weighted by molar-refractivity contribution is 5.81. The van der Waals surface area contributed by atoms with Crippen molar-refractivity contribution < 1.29 is 18.7 Å². The zero-order chi connectivity index (χ0) is 14.4. The Morgan fingerprint density at radius 3 is 2.68 bits per heavy atom. The number of aldehydes is 1. The Morgan fingerprint density at radius 1 is 1.42 bits per heavy atom. The fraction of sp³-hybridized carbons (Fsp3) is 0.429. The summed E-state index contributed by atoms with van der Waals surface area (Å²) in [6, 6.07) is 3.68. The molecule has 0 aliphatic carbocycles. The lowest BCUT2D eigenvalue weighted by atomic mass is 10.2. The third-order valence-electron chi connectivity index (χ3n) is 2.71. The van der Waals surface area contributed by atoms with Crippen molar-refractivity contribution in [3.63, 3.8) is 0 Å². The number of hydrogen-bond donors (Lipinski definition) is 1. The second-order valence-electron chi connectivity index (χ2n) is 4.42. The van der Waals surface area contributed by atoms with Crippen LogP contribution in [0.15, 0.2) is 18.2 Å². The first kappa shape index (κ1) is 15.1. The first-order chi connectivity index (χ1) is 8.96. The number of carbonyl (C=O) groups excluding carboxylic acids is 2. The Kier molecular flexibility index (Phi) is 5.48. The van der Waals surface area contributed by atoms with Crippen molar-refractivity contribution in [3.8, 4) is 5.75 Å². The normalized spacial score (nSPS) is 13.5. The van der Waals surface area contributed by atoms with E-state index in [1.165, 1.54) is 6.07 Å². The molecule has 2 atom stereocenters. The number of nitrogens with one attached hydrogen (secondary N) is 1. The monoisotopic (exact) mass is 267 g/mol. The highest BCUT2D eigenvalue weighted by atomic mass is 19.1. The standard InChI is InChI=1S/C14H18FNO3/c1-4-9(2)16-14(18)10(3)19-13-6-11(8-17)5-12(15)7-13/h5-10H,4H2,1-3H3,(H,16,18). The summed E-state index contributed by atoms with van der Waals surface area (Å²) in [4.78, 5) is 22.4. The average Bonchev–Trinajstić information content (AvgIpc) is 2.37. The van der Waals surface area contributed by atoms with Gasteiger partial charge >= 0.3 is 0 Å². The first-order valence-corrected chi connectivity index (χ1v) is 6.19. The summed E-state index contributed by atoms with van der Waals surface area (Å²) in [5.74, 6) is -0.686. The molecular weight excluding hydrogens is 249 g/mol. The largest absolute Gasteiger partial charge is 0.481 e. The van der Waals surface area contributed by atoms with Crippen LogP contribution >= 0.6 is 0 Å². The molecule has 0 heterocycles. The zero-order valence-electron chi connectivity index (χ0n) is 11.3. The summed E-state index contributed by atoms with van der Waals surface area (Å²) in [6.07, 6.45) is 0.586. The molecule has 1 aromatic rings. The van der Waals surface area contributed by atoms with E-state index in [0.29, 0.717) is 6.29 Å². The van der Waals surface area contributed by atoms with E-state index in [9.17, 15) is 14.0 Å². The summed E-state index contributed by atoms with van der Waals surface area (Å²) in [7, 11) is 0. The van der Waals surface area contributed by atoms with Crippen LogP contribution in [0.1, 0.15) is 37.6 Å². The Hall–Kier alpha value is -1.91. The third kappa shape index (κ3) is 4.69. The molecule has 0 saturated carbocycles. The topological polar surface area (TPSA) is 55.4 Å². The number of halogens is 1. The highest BCUT2D eigenvalue weighted by Crippen LogP contribution is 2.17. The average molecular weight is 267 g/mol. The molecule has 5 heteroatoms. The van der Waals surface area contributed by atoms with Gasteiger partial charge in [-0.15, -0.1) is 0 Å². The lowest BCUT2D eigenvalue weighted by Gasteiger charge is -2.17. The Balaban J connectivity index is 2.70. The van der Waals surface area contributed by atoms with Gasteiger partial charge in [-0.05, 0) is 32.4 Å². The lowest BCUT2D eigenvalue weighted by molar-refractivity contribution is -0.127. The maximum atomic E-state index is 13.2. The fourth-order valence-corrected chi connectivity index (χ4v) is 1.44. The summed E-state index contributed by atoms with van der Waals surface area (Å²) in [6.45, 7) is 5.42. The smallest absolute Gasteiger partial charge is 0.260 e. The number of benzene rings is 1. The quantitative estimate of drug-likeness (QED) is 0.805. The minimum atomic E-state index is -0.754. The molecule has 1 rings (SSSR count). The van der Waals surface area contributed by atoms with Gasteiger partial charge in [-0.3, -0.25) is 9.59 Å². The van der Waals surface area contributed by atoms with E-state index in [-0.39, 0.29) is 23.3 Å². The van der Waals surface area contributed by atoms with E-state index in [1.54, 1.807) is 6.92 Å². The molecule has 0 aliphatic rings. The van der Waals surface area contributed by atoms with Crippen molar-refractivity contribution in [1.82, 2.24) is 5.32 Å². The second-order valence-corrected chi connectivity index (χ2v) is 4.42. The van der Waals surface area contributed by atoms with Crippen LogP contribution < -0.4 is 10.1 Å². The number of hydrogen-bond acceptors (Lipinski definition) is 3. The van der Waals surface area contributed by atoms with E-state index >= 15 is 0 Å². The van der Waals surface area contributed by atoms with Crippen molar-refractivity contribution in [3.05, 3.63) is 29.6 Å². The number of ether oxygens (including phenoxy) is 1. The Bertz CT molecular complexity index is 462. The van der Waals surface area contributed by atoms with Crippen LogP contribution in [0, 0.1) is 5.82 Å². The molecule has 104 valence electrons. The fourth-order valence-electron chi connectivity index (χ4n) is 1.44. The van der Waals surface area contributed by atoms with E-state index in [1.807, 2.05) is 13.8 Å². The van der Waals surface area contributed by atoms with Crippen LogP contribution in [0.4, 0.5) is 4.39 Å². The number of carbonyl (C=O) groups is 2. The Morgan fingerprint density at radius 2 is 2.11 bits per heavy atom. The van der Waals surface area contributed by atoms with E-state index in [4.69, 9.17) is 4.74 Å². The van der Waals surface area contributed by atoms with Gasteiger partial charge in [0.1, 0.15) is 17.9 Å². The second kappa shape index (κ2) is 6.87. The number of rotatable bonds is 6. The molecule has 19 heavy (non-hydrogen) atoms. The van der Waals surface area contributed by atoms with Crippen LogP contribution in [-0.2, 0) is 4.79 Å². The molecule has 1 N–H and O–H groups in total. The first-order valence-electron chi connectivity index (χ1n) is 6.19. The van der Waals surface area contributed by atoms with Gasteiger partial charge < -0.3 is 10.1 Å². The molecule has 1 amide bonds. The van der Waals surface area contributed by atoms with Gasteiger partial charge in [0.25, 0.3) is 5.91 Å². The predicted molar refractivity (Wildman–Crippen MR) is 69.8 cm³/mol. The SMILES string of the molecule is CCC(C)NC(=O)C(C)Oc1cc(F)cc(C=O)c1. The molecule has 0 saturated heterocycles. The molecule has 0 aromatic heterocycles. The van der Waals surface area contributed by atoms with E-state index in [0.717, 1.165) is 18.6 Å². The van der Waals surface area contributed by atoms with Crippen LogP contribution in [0.25, 0.3) is 0 Å². The molecule has 0 fully saturated rings. The van der Waals surface area contributed by atoms with Crippen molar-refractivity contribution in [2.45, 2.75) is 39.3 Å². The predicted octanol–water partition coefficient (Wildman–Crippen LogP) is 2.32. The minimum Gasteiger partial charge on any atom is -0.481 e. The van der Waals surface area contributed by atoms with Gasteiger partial charge in [-0.25, -0.2) is 4.39 Å². The van der Waals surface area contributed by atoms with Crippen molar-refractivity contribution >= 4 is 12.2 Å². The molecule has 0 aliphatic heterocycles. The molecule has 4 nitrogen and oxygen atoms in total. The molecule has 0 spiro atoms. The van der Waals surface area contributed by atoms with Crippen LogP contribution in [0.3, 0.4) is 0 Å². The van der Waals surface area contributed by atoms with Gasteiger partial charge in [-0.2, -0.15) is 0 Å². The molecule has 1 aromatic carbocycles. The summed E-state index contributed by atoms with van der Waals surface area (Å²) < 4.78 is 18.5. The maximum absolute atomic E-state index is 13.2. The van der Waals surface area contributed by atoms with Crippen molar-refractivity contribution in [2.75, 3.05) is 0 Å². The van der Waals surface area contributed by atoms with Gasteiger partial charge in [-0.1, -0.05) is 6.92 Å². The van der Waals surface area contributed by atoms with E-state index < -0.39 is 11.9 Å². The van der Waals surface area contributed by atoms with Crippen molar-refractivity contribution in [2.24, 2.45) is 0 Å². The maximum Gasteiger partial charge on any atom is 0.260 e. The van der Waals surface area contributed by atoms with Crippen LogP contribution in [0.5, 0.6) is 5.75 Å². The Labute approximate surface area is 112 Å². The summed E-state index contributed by atoms with van der Waals surface area (Å²) >= 11 is 0. The highest BCUT2D eigenvalue weighted by Gasteiger charge is 2.16. The number of amides is 1. The summed E-state index contributed by atoms with van der Waals surface area (Å²) in [5.41, 5.74) is 0.171. The zero-order valence-corrected chi connectivity index (χ0v) is 11.3. The third-order valence-corrected chi connectivity index (χ3v) is 2.71. The molecule has 0 bridgehead atoms. The lowest BCUT2D eigenvalue weighted by Crippen LogP contribution is -2.41. The minimum absolute atomic E-state index is 0.0524. The van der Waals surface area contributed by atoms with Gasteiger partial charge in [0.2, 0.25) is 0 Å². The van der Waals surface area contributed by atoms with Crippen LogP contribution in [-0.4, -0.2) is 24.3 Å². The van der Waals surface area contributed by atoms with Crippen molar-refractivity contribution in [1.29, 1.82) is 0 Å². The van der Waals surface area contributed by atoms with E-state index in [2.05, 4.69) is 5.32 Å². The van der Waals surface area contributed by atoms with Gasteiger partial charge in [0.05, 0.1) is 0 Å².